The summed E-state index contributed by atoms with van der Waals surface area (Å²) in [5.74, 6) is 2.83. The molecule has 1 aliphatic heterocycles. The fourth-order valence-corrected chi connectivity index (χ4v) is 3.35. The van der Waals surface area contributed by atoms with Crippen LogP contribution >= 0.6 is 23.2 Å². The monoisotopic (exact) mass is 380 g/mol. The summed E-state index contributed by atoms with van der Waals surface area (Å²) >= 11 is 12.1. The van der Waals surface area contributed by atoms with Crippen molar-refractivity contribution in [2.45, 2.75) is 38.9 Å². The minimum atomic E-state index is 0.561. The van der Waals surface area contributed by atoms with Gasteiger partial charge in [-0.1, -0.05) is 29.3 Å². The van der Waals surface area contributed by atoms with Gasteiger partial charge in [-0.25, -0.2) is 0 Å². The van der Waals surface area contributed by atoms with E-state index < -0.39 is 0 Å². The summed E-state index contributed by atoms with van der Waals surface area (Å²) in [6, 6.07) is 5.65. The number of nitrogens with zero attached hydrogens (tertiary/aromatic N) is 5. The zero-order chi connectivity index (χ0) is 17.8. The van der Waals surface area contributed by atoms with E-state index in [4.69, 9.17) is 23.2 Å². The molecule has 0 atom stereocenters. The lowest BCUT2D eigenvalue weighted by atomic mass is 10.2. The molecule has 0 unspecified atom stereocenters. The van der Waals surface area contributed by atoms with Crippen molar-refractivity contribution in [3.8, 4) is 0 Å². The zero-order valence-electron chi connectivity index (χ0n) is 14.5. The third-order valence-corrected chi connectivity index (χ3v) is 5.06. The molecule has 0 saturated heterocycles. The number of benzene rings is 1. The van der Waals surface area contributed by atoms with Crippen LogP contribution < -0.4 is 5.32 Å². The Morgan fingerprint density at radius 2 is 2.12 bits per heavy atom. The average Bonchev–Trinajstić information content (AvgIpc) is 3.02. The van der Waals surface area contributed by atoms with Crippen molar-refractivity contribution in [3.05, 3.63) is 45.5 Å². The zero-order valence-corrected chi connectivity index (χ0v) is 16.0. The lowest BCUT2D eigenvalue weighted by molar-refractivity contribution is 0.468. The molecule has 0 aliphatic carbocycles. The van der Waals surface area contributed by atoms with Crippen LogP contribution in [0.25, 0.3) is 0 Å². The number of aromatic nitrogens is 3. The van der Waals surface area contributed by atoms with Gasteiger partial charge in [0.05, 0.1) is 16.6 Å². The minimum absolute atomic E-state index is 0.561. The summed E-state index contributed by atoms with van der Waals surface area (Å²) in [4.78, 5) is 6.39. The summed E-state index contributed by atoms with van der Waals surface area (Å²) in [7, 11) is 3.75. The van der Waals surface area contributed by atoms with Crippen molar-refractivity contribution in [2.75, 3.05) is 14.1 Å². The summed E-state index contributed by atoms with van der Waals surface area (Å²) in [6.07, 6.45) is 3.39. The minimum Gasteiger partial charge on any atom is -0.349 e. The highest BCUT2D eigenvalue weighted by Crippen LogP contribution is 2.23. The van der Waals surface area contributed by atoms with Crippen molar-refractivity contribution in [3.63, 3.8) is 0 Å². The lowest BCUT2D eigenvalue weighted by Crippen LogP contribution is -2.38. The van der Waals surface area contributed by atoms with E-state index in [0.29, 0.717) is 23.1 Å². The van der Waals surface area contributed by atoms with Crippen LogP contribution in [0.15, 0.2) is 23.2 Å². The van der Waals surface area contributed by atoms with Gasteiger partial charge in [-0.05, 0) is 30.5 Å². The van der Waals surface area contributed by atoms with Crippen LogP contribution in [0, 0.1) is 0 Å². The number of halogens is 2. The van der Waals surface area contributed by atoms with E-state index in [2.05, 4.69) is 25.1 Å². The van der Waals surface area contributed by atoms with Gasteiger partial charge in [0, 0.05) is 33.6 Å². The molecular weight excluding hydrogens is 359 g/mol. The molecule has 0 radical (unpaired) electrons. The quantitative estimate of drug-likeness (QED) is 0.653. The van der Waals surface area contributed by atoms with Gasteiger partial charge in [0.1, 0.15) is 5.82 Å². The first kappa shape index (κ1) is 18.0. The molecule has 134 valence electrons. The average molecular weight is 381 g/mol. The molecule has 0 spiro atoms. The maximum atomic E-state index is 6.09. The van der Waals surface area contributed by atoms with E-state index in [1.54, 1.807) is 7.05 Å². The van der Waals surface area contributed by atoms with Crippen molar-refractivity contribution in [1.29, 1.82) is 0 Å². The molecule has 1 aromatic heterocycles. The van der Waals surface area contributed by atoms with Gasteiger partial charge in [0.15, 0.2) is 11.8 Å². The molecule has 1 aliphatic rings. The molecule has 2 heterocycles. The number of fused-ring (bicyclic) bond motifs is 1. The van der Waals surface area contributed by atoms with Crippen LogP contribution in [0.4, 0.5) is 0 Å². The highest BCUT2D eigenvalue weighted by Gasteiger charge is 2.16. The molecule has 1 N–H and O–H groups in total. The standard InChI is InChI=1S/C17H22Cl2N6/c1-20-17(24(2)11-12-6-7-13(18)14(19)9-12)21-10-16-23-22-15-5-3-4-8-25(15)16/h6-7,9H,3-5,8,10-11H2,1-2H3,(H,20,21). The Morgan fingerprint density at radius 3 is 2.88 bits per heavy atom. The van der Waals surface area contributed by atoms with Crippen molar-refractivity contribution in [2.24, 2.45) is 4.99 Å². The molecule has 0 bridgehead atoms. The van der Waals surface area contributed by atoms with Gasteiger partial charge < -0.3 is 14.8 Å². The normalized spacial score (nSPS) is 14.3. The van der Waals surface area contributed by atoms with E-state index in [-0.39, 0.29) is 0 Å². The Balaban J connectivity index is 1.62. The summed E-state index contributed by atoms with van der Waals surface area (Å²) in [6.45, 7) is 2.27. The van der Waals surface area contributed by atoms with Crippen LogP contribution in [0.5, 0.6) is 0 Å². The Morgan fingerprint density at radius 1 is 1.28 bits per heavy atom. The maximum Gasteiger partial charge on any atom is 0.194 e. The Bertz CT molecular complexity index is 770. The van der Waals surface area contributed by atoms with E-state index in [9.17, 15) is 0 Å². The highest BCUT2D eigenvalue weighted by molar-refractivity contribution is 6.42. The molecule has 6 nitrogen and oxygen atoms in total. The first-order chi connectivity index (χ1) is 12.1. The second-order valence-electron chi connectivity index (χ2n) is 6.15. The molecule has 0 saturated carbocycles. The molecule has 8 heteroatoms. The predicted octanol–water partition coefficient (Wildman–Crippen LogP) is 3.13. The lowest BCUT2D eigenvalue weighted by Gasteiger charge is -2.22. The summed E-state index contributed by atoms with van der Waals surface area (Å²) < 4.78 is 2.21. The van der Waals surface area contributed by atoms with Crippen LogP contribution in [-0.2, 0) is 26.1 Å². The molecule has 2 aromatic rings. The van der Waals surface area contributed by atoms with Gasteiger partial charge in [-0.2, -0.15) is 0 Å². The summed E-state index contributed by atoms with van der Waals surface area (Å²) in [5, 5.41) is 13.1. The van der Waals surface area contributed by atoms with Crippen LogP contribution in [0.1, 0.15) is 30.1 Å². The smallest absolute Gasteiger partial charge is 0.194 e. The van der Waals surface area contributed by atoms with Crippen molar-refractivity contribution >= 4 is 29.2 Å². The van der Waals surface area contributed by atoms with Gasteiger partial charge in [0.2, 0.25) is 0 Å². The third kappa shape index (κ3) is 4.25. The van der Waals surface area contributed by atoms with Crippen LogP contribution in [0.2, 0.25) is 10.0 Å². The van der Waals surface area contributed by atoms with E-state index in [1.165, 1.54) is 12.8 Å². The maximum absolute atomic E-state index is 6.09. The summed E-state index contributed by atoms with van der Waals surface area (Å²) in [5.41, 5.74) is 1.07. The van der Waals surface area contributed by atoms with Crippen LogP contribution in [-0.4, -0.2) is 39.7 Å². The number of aliphatic imine (C=N–C) groups is 1. The number of guanidine groups is 1. The van der Waals surface area contributed by atoms with Gasteiger partial charge in [-0.15, -0.1) is 10.2 Å². The fourth-order valence-electron chi connectivity index (χ4n) is 3.03. The highest BCUT2D eigenvalue weighted by atomic mass is 35.5. The fraction of sp³-hybridized carbons (Fsp3) is 0.471. The molecule has 0 amide bonds. The first-order valence-electron chi connectivity index (χ1n) is 8.35. The second kappa shape index (κ2) is 8.06. The van der Waals surface area contributed by atoms with Gasteiger partial charge in [-0.3, -0.25) is 4.99 Å². The SMILES string of the molecule is CN=C(NCc1nnc2n1CCCC2)N(C)Cc1ccc(Cl)c(Cl)c1. The van der Waals surface area contributed by atoms with E-state index in [1.807, 2.05) is 30.1 Å². The van der Waals surface area contributed by atoms with Crippen molar-refractivity contribution in [1.82, 2.24) is 25.0 Å². The molecular formula is C17H22Cl2N6. The van der Waals surface area contributed by atoms with E-state index >= 15 is 0 Å². The van der Waals surface area contributed by atoms with Crippen molar-refractivity contribution < 1.29 is 0 Å². The number of nitrogens with one attached hydrogen (secondary N) is 1. The number of aryl methyl sites for hydroxylation is 1. The van der Waals surface area contributed by atoms with Gasteiger partial charge in [0.25, 0.3) is 0 Å². The third-order valence-electron chi connectivity index (χ3n) is 4.32. The Hall–Kier alpha value is -1.79. The number of rotatable bonds is 4. The number of hydrogen-bond donors (Lipinski definition) is 1. The molecule has 1 aromatic carbocycles. The number of hydrogen-bond acceptors (Lipinski definition) is 3. The van der Waals surface area contributed by atoms with Gasteiger partial charge >= 0.3 is 0 Å². The van der Waals surface area contributed by atoms with E-state index in [0.717, 1.165) is 36.1 Å². The Labute approximate surface area is 157 Å². The first-order valence-corrected chi connectivity index (χ1v) is 9.10. The second-order valence-corrected chi connectivity index (χ2v) is 6.96. The molecule has 25 heavy (non-hydrogen) atoms. The molecule has 3 rings (SSSR count). The largest absolute Gasteiger partial charge is 0.349 e. The Kier molecular flexibility index (Phi) is 5.81. The molecule has 0 fully saturated rings. The predicted molar refractivity (Wildman–Crippen MR) is 101 cm³/mol. The topological polar surface area (TPSA) is 58.3 Å². The van der Waals surface area contributed by atoms with Crippen LogP contribution in [0.3, 0.4) is 0 Å².